The Morgan fingerprint density at radius 2 is 2.00 bits per heavy atom. The number of aromatic nitrogens is 1. The van der Waals surface area contributed by atoms with E-state index >= 15 is 0 Å². The SMILES string of the molecule is CCCCCC(CC)NC(=S)N(CCN1CCOCC1)Cc1ccncc1. The van der Waals surface area contributed by atoms with Gasteiger partial charge < -0.3 is 15.0 Å². The van der Waals surface area contributed by atoms with Crippen LogP contribution in [0.25, 0.3) is 0 Å². The number of pyridine rings is 1. The van der Waals surface area contributed by atoms with Crippen LogP contribution >= 0.6 is 12.2 Å². The summed E-state index contributed by atoms with van der Waals surface area (Å²) in [6.07, 6.45) is 9.82. The fourth-order valence-electron chi connectivity index (χ4n) is 3.33. The van der Waals surface area contributed by atoms with Gasteiger partial charge in [0.1, 0.15) is 0 Å². The predicted octanol–water partition coefficient (Wildman–Crippen LogP) is 3.45. The molecule has 1 aliphatic heterocycles. The van der Waals surface area contributed by atoms with E-state index in [1.165, 1.54) is 31.2 Å². The van der Waals surface area contributed by atoms with Crippen molar-refractivity contribution in [3.8, 4) is 0 Å². The van der Waals surface area contributed by atoms with Gasteiger partial charge in [0, 0.05) is 51.2 Å². The zero-order valence-corrected chi connectivity index (χ0v) is 17.8. The van der Waals surface area contributed by atoms with E-state index in [-0.39, 0.29) is 0 Å². The maximum atomic E-state index is 5.82. The number of unbranched alkanes of at least 4 members (excludes halogenated alkanes) is 2. The summed E-state index contributed by atoms with van der Waals surface area (Å²) in [6.45, 7) is 11.0. The van der Waals surface area contributed by atoms with Crippen LogP contribution in [0.4, 0.5) is 0 Å². The van der Waals surface area contributed by atoms with E-state index in [1.807, 2.05) is 12.4 Å². The molecule has 1 aromatic rings. The molecule has 0 aromatic carbocycles. The average molecular weight is 393 g/mol. The highest BCUT2D eigenvalue weighted by Gasteiger charge is 2.17. The Morgan fingerprint density at radius 3 is 2.67 bits per heavy atom. The molecular formula is C21H36N4OS. The number of hydrogen-bond acceptors (Lipinski definition) is 4. The summed E-state index contributed by atoms with van der Waals surface area (Å²) in [5.74, 6) is 0. The molecule has 5 nitrogen and oxygen atoms in total. The number of morpholine rings is 1. The summed E-state index contributed by atoms with van der Waals surface area (Å²) in [5, 5.41) is 4.51. The van der Waals surface area contributed by atoms with Crippen molar-refractivity contribution in [3.63, 3.8) is 0 Å². The minimum atomic E-state index is 0.465. The molecule has 1 unspecified atom stereocenters. The van der Waals surface area contributed by atoms with E-state index in [9.17, 15) is 0 Å². The van der Waals surface area contributed by atoms with E-state index in [2.05, 4.69) is 46.1 Å². The van der Waals surface area contributed by atoms with Gasteiger partial charge in [-0.3, -0.25) is 9.88 Å². The van der Waals surface area contributed by atoms with Crippen molar-refractivity contribution in [2.45, 2.75) is 58.5 Å². The summed E-state index contributed by atoms with van der Waals surface area (Å²) in [5.41, 5.74) is 1.25. The second-order valence-corrected chi connectivity index (χ2v) is 7.67. The molecule has 152 valence electrons. The standard InChI is InChI=1S/C21H36N4OS/c1-3-5-6-7-20(4-2)23-21(27)25(18-19-8-10-22-11-9-19)13-12-24-14-16-26-17-15-24/h8-11,20H,3-7,12-18H2,1-2H3,(H,23,27). The third-order valence-electron chi connectivity index (χ3n) is 5.18. The summed E-state index contributed by atoms with van der Waals surface area (Å²) < 4.78 is 5.46. The van der Waals surface area contributed by atoms with E-state index in [1.54, 1.807) is 0 Å². The van der Waals surface area contributed by atoms with E-state index in [0.717, 1.165) is 57.5 Å². The largest absolute Gasteiger partial charge is 0.379 e. The maximum Gasteiger partial charge on any atom is 0.169 e. The van der Waals surface area contributed by atoms with Crippen LogP contribution in [0.1, 0.15) is 51.5 Å². The van der Waals surface area contributed by atoms with Crippen molar-refractivity contribution in [3.05, 3.63) is 30.1 Å². The van der Waals surface area contributed by atoms with Crippen molar-refractivity contribution in [2.24, 2.45) is 0 Å². The van der Waals surface area contributed by atoms with Gasteiger partial charge in [-0.25, -0.2) is 0 Å². The first-order chi connectivity index (χ1) is 13.2. The molecule has 1 aliphatic rings. The molecule has 0 bridgehead atoms. The van der Waals surface area contributed by atoms with Crippen molar-refractivity contribution in [1.82, 2.24) is 20.1 Å². The van der Waals surface area contributed by atoms with Crippen molar-refractivity contribution in [2.75, 3.05) is 39.4 Å². The van der Waals surface area contributed by atoms with Crippen molar-refractivity contribution >= 4 is 17.3 Å². The third kappa shape index (κ3) is 8.54. The number of thiocarbonyl (C=S) groups is 1. The molecule has 2 heterocycles. The van der Waals surface area contributed by atoms with Gasteiger partial charge in [0.05, 0.1) is 13.2 Å². The number of ether oxygens (including phenoxy) is 1. The molecule has 0 saturated carbocycles. The normalized spacial score (nSPS) is 16.1. The molecular weight excluding hydrogens is 356 g/mol. The lowest BCUT2D eigenvalue weighted by Crippen LogP contribution is -2.48. The minimum absolute atomic E-state index is 0.465. The van der Waals surface area contributed by atoms with Gasteiger partial charge >= 0.3 is 0 Å². The van der Waals surface area contributed by atoms with E-state index in [4.69, 9.17) is 17.0 Å². The fraction of sp³-hybridized carbons (Fsp3) is 0.714. The van der Waals surface area contributed by atoms with Gasteiger partial charge in [-0.1, -0.05) is 33.1 Å². The smallest absolute Gasteiger partial charge is 0.169 e. The average Bonchev–Trinajstić information content (AvgIpc) is 2.71. The van der Waals surface area contributed by atoms with Crippen LogP contribution in [-0.2, 0) is 11.3 Å². The second-order valence-electron chi connectivity index (χ2n) is 7.28. The van der Waals surface area contributed by atoms with Gasteiger partial charge in [-0.05, 0) is 42.8 Å². The Labute approximate surface area is 170 Å². The second kappa shape index (κ2) is 13.0. The molecule has 2 rings (SSSR count). The van der Waals surface area contributed by atoms with Crippen LogP contribution in [0.15, 0.2) is 24.5 Å². The topological polar surface area (TPSA) is 40.6 Å². The third-order valence-corrected chi connectivity index (χ3v) is 5.55. The molecule has 0 aliphatic carbocycles. The summed E-state index contributed by atoms with van der Waals surface area (Å²) in [4.78, 5) is 8.90. The van der Waals surface area contributed by atoms with Crippen LogP contribution in [0.3, 0.4) is 0 Å². The molecule has 27 heavy (non-hydrogen) atoms. The highest BCUT2D eigenvalue weighted by Crippen LogP contribution is 2.10. The molecule has 1 fully saturated rings. The Balaban J connectivity index is 1.92. The molecule has 0 spiro atoms. The van der Waals surface area contributed by atoms with Crippen LogP contribution in [0.5, 0.6) is 0 Å². The zero-order valence-electron chi connectivity index (χ0n) is 17.0. The Kier molecular flexibility index (Phi) is 10.6. The molecule has 0 radical (unpaired) electrons. The van der Waals surface area contributed by atoms with Gasteiger partial charge in [-0.15, -0.1) is 0 Å². The molecule has 1 saturated heterocycles. The lowest BCUT2D eigenvalue weighted by Gasteiger charge is -2.33. The Morgan fingerprint density at radius 1 is 1.26 bits per heavy atom. The first kappa shape index (κ1) is 22.1. The highest BCUT2D eigenvalue weighted by molar-refractivity contribution is 7.80. The van der Waals surface area contributed by atoms with E-state index < -0.39 is 0 Å². The minimum Gasteiger partial charge on any atom is -0.379 e. The lowest BCUT2D eigenvalue weighted by molar-refractivity contribution is 0.0357. The van der Waals surface area contributed by atoms with Crippen molar-refractivity contribution < 1.29 is 4.74 Å². The monoisotopic (exact) mass is 392 g/mol. The number of nitrogens with one attached hydrogen (secondary N) is 1. The fourth-order valence-corrected chi connectivity index (χ4v) is 3.66. The number of hydrogen-bond donors (Lipinski definition) is 1. The van der Waals surface area contributed by atoms with E-state index in [0.29, 0.717) is 6.04 Å². The number of nitrogens with zero attached hydrogens (tertiary/aromatic N) is 3. The summed E-state index contributed by atoms with van der Waals surface area (Å²) in [6, 6.07) is 4.61. The lowest BCUT2D eigenvalue weighted by atomic mass is 10.1. The summed E-state index contributed by atoms with van der Waals surface area (Å²) in [7, 11) is 0. The quantitative estimate of drug-likeness (QED) is 0.459. The van der Waals surface area contributed by atoms with Crippen LogP contribution in [-0.4, -0.2) is 65.3 Å². The van der Waals surface area contributed by atoms with Gasteiger partial charge in [0.2, 0.25) is 0 Å². The molecule has 0 amide bonds. The number of rotatable bonds is 11. The van der Waals surface area contributed by atoms with Crippen LogP contribution < -0.4 is 5.32 Å². The Hall–Kier alpha value is -1.24. The molecule has 1 N–H and O–H groups in total. The molecule has 6 heteroatoms. The van der Waals surface area contributed by atoms with Crippen LogP contribution in [0, 0.1) is 0 Å². The first-order valence-electron chi connectivity index (χ1n) is 10.5. The first-order valence-corrected chi connectivity index (χ1v) is 10.9. The zero-order chi connectivity index (χ0) is 19.3. The van der Waals surface area contributed by atoms with Crippen LogP contribution in [0.2, 0.25) is 0 Å². The Bertz CT molecular complexity index is 522. The molecule has 1 atom stereocenters. The maximum absolute atomic E-state index is 5.82. The predicted molar refractivity (Wildman–Crippen MR) is 116 cm³/mol. The highest BCUT2D eigenvalue weighted by atomic mass is 32.1. The van der Waals surface area contributed by atoms with Gasteiger partial charge in [0.25, 0.3) is 0 Å². The van der Waals surface area contributed by atoms with Gasteiger partial charge in [0.15, 0.2) is 5.11 Å². The van der Waals surface area contributed by atoms with Gasteiger partial charge in [-0.2, -0.15) is 0 Å². The summed E-state index contributed by atoms with van der Waals surface area (Å²) >= 11 is 5.82. The van der Waals surface area contributed by atoms with Crippen molar-refractivity contribution in [1.29, 1.82) is 0 Å². The molecule has 1 aromatic heterocycles.